The molecule has 1 aromatic heterocycles. The first-order valence-corrected chi connectivity index (χ1v) is 8.17. The molecule has 3 rings (SSSR count). The maximum Gasteiger partial charge on any atom is 0.236 e. The highest BCUT2D eigenvalue weighted by molar-refractivity contribution is 7.80. The summed E-state index contributed by atoms with van der Waals surface area (Å²) in [6.45, 7) is 5.81. The summed E-state index contributed by atoms with van der Waals surface area (Å²) in [7, 11) is 1.56. The molecule has 1 aliphatic heterocycles. The first-order chi connectivity index (χ1) is 12.0. The number of furan rings is 1. The van der Waals surface area contributed by atoms with Crippen LogP contribution in [0.1, 0.15) is 17.6 Å². The molecule has 2 heterocycles. The summed E-state index contributed by atoms with van der Waals surface area (Å²) >= 11 is 5.20. The van der Waals surface area contributed by atoms with Gasteiger partial charge in [0.05, 0.1) is 12.8 Å². The third-order valence-electron chi connectivity index (χ3n) is 3.98. The zero-order valence-corrected chi connectivity index (χ0v) is 14.8. The number of methoxy groups -OCH3 is 1. The summed E-state index contributed by atoms with van der Waals surface area (Å²) < 4.78 is 11.0. The first-order valence-electron chi connectivity index (χ1n) is 7.76. The molecule has 25 heavy (non-hydrogen) atoms. The number of hydrogen-bond acceptors (Lipinski definition) is 4. The molecule has 3 N–H and O–H groups in total. The van der Waals surface area contributed by atoms with Crippen molar-refractivity contribution in [2.75, 3.05) is 12.4 Å². The second kappa shape index (κ2) is 6.98. The number of thiocarbonyl (C=S) groups is 1. The van der Waals surface area contributed by atoms with Crippen molar-refractivity contribution in [2.24, 2.45) is 5.92 Å². The average Bonchev–Trinajstić information content (AvgIpc) is 3.01. The molecule has 0 bridgehead atoms. The Morgan fingerprint density at radius 3 is 2.76 bits per heavy atom. The second-order valence-corrected chi connectivity index (χ2v) is 6.13. The normalized spacial score (nSPS) is 19.8. The molecule has 7 heteroatoms. The van der Waals surface area contributed by atoms with Crippen LogP contribution in [0.3, 0.4) is 0 Å². The summed E-state index contributed by atoms with van der Waals surface area (Å²) in [6.07, 6.45) is 0. The number of nitrogens with one attached hydrogen (secondary N) is 3. The van der Waals surface area contributed by atoms with Crippen LogP contribution < -0.4 is 20.7 Å². The third kappa shape index (κ3) is 3.51. The molecule has 2 unspecified atom stereocenters. The quantitative estimate of drug-likeness (QED) is 0.731. The molecule has 0 spiro atoms. The number of ether oxygens (including phenoxy) is 1. The van der Waals surface area contributed by atoms with Crippen LogP contribution in [0.5, 0.6) is 5.75 Å². The Morgan fingerprint density at radius 1 is 1.32 bits per heavy atom. The molecule has 2 aromatic rings. The van der Waals surface area contributed by atoms with Crippen molar-refractivity contribution in [3.63, 3.8) is 0 Å². The predicted molar refractivity (Wildman–Crippen MR) is 99.3 cm³/mol. The molecule has 0 aliphatic carbocycles. The van der Waals surface area contributed by atoms with Crippen LogP contribution in [0, 0.1) is 12.8 Å². The number of carbonyl (C=O) groups is 1. The van der Waals surface area contributed by atoms with E-state index in [1.54, 1.807) is 19.2 Å². The molecule has 130 valence electrons. The lowest BCUT2D eigenvalue weighted by Crippen LogP contribution is -2.51. The van der Waals surface area contributed by atoms with E-state index in [2.05, 4.69) is 22.5 Å². The zero-order chi connectivity index (χ0) is 18.0. The second-order valence-electron chi connectivity index (χ2n) is 5.72. The molecule has 1 fully saturated rings. The summed E-state index contributed by atoms with van der Waals surface area (Å²) in [5.41, 5.74) is 1.10. The van der Waals surface area contributed by atoms with Crippen LogP contribution >= 0.6 is 12.2 Å². The molecule has 6 nitrogen and oxygen atoms in total. The SMILES string of the molecule is C=C1NC(=S)NC(c2ccc(C)o2)C1C(=O)Nc1ccccc1OC. The Labute approximate surface area is 151 Å². The number of aryl methyl sites for hydroxylation is 1. The van der Waals surface area contributed by atoms with Crippen molar-refractivity contribution >= 4 is 28.9 Å². The van der Waals surface area contributed by atoms with E-state index in [0.717, 1.165) is 5.76 Å². The van der Waals surface area contributed by atoms with Crippen molar-refractivity contribution in [2.45, 2.75) is 13.0 Å². The maximum absolute atomic E-state index is 13.0. The van der Waals surface area contributed by atoms with Gasteiger partial charge in [0.15, 0.2) is 5.11 Å². The summed E-state index contributed by atoms with van der Waals surface area (Å²) in [6, 6.07) is 10.5. The van der Waals surface area contributed by atoms with Crippen molar-refractivity contribution in [3.05, 3.63) is 60.2 Å². The van der Waals surface area contributed by atoms with Gasteiger partial charge >= 0.3 is 0 Å². The van der Waals surface area contributed by atoms with E-state index >= 15 is 0 Å². The van der Waals surface area contributed by atoms with Gasteiger partial charge in [-0.3, -0.25) is 4.79 Å². The molecule has 1 aliphatic rings. The van der Waals surface area contributed by atoms with Crippen molar-refractivity contribution in [1.29, 1.82) is 0 Å². The highest BCUT2D eigenvalue weighted by atomic mass is 32.1. The standard InChI is InChI=1S/C18H19N3O3S/c1-10-8-9-14(24-10)16-15(11(2)19-18(25)21-16)17(22)20-12-6-4-5-7-13(12)23-3/h4-9,15-16H,2H2,1,3H3,(H,20,22)(H2,19,21,25). The van der Waals surface area contributed by atoms with Gasteiger partial charge in [-0.05, 0) is 43.4 Å². The molecule has 1 aromatic carbocycles. The highest BCUT2D eigenvalue weighted by Gasteiger charge is 2.38. The third-order valence-corrected chi connectivity index (χ3v) is 4.20. The van der Waals surface area contributed by atoms with Crippen molar-refractivity contribution in [3.8, 4) is 5.75 Å². The van der Waals surface area contributed by atoms with Gasteiger partial charge in [0, 0.05) is 5.70 Å². The minimum Gasteiger partial charge on any atom is -0.495 e. The number of amides is 1. The highest BCUT2D eigenvalue weighted by Crippen LogP contribution is 2.32. The lowest BCUT2D eigenvalue weighted by molar-refractivity contribution is -0.119. The van der Waals surface area contributed by atoms with Gasteiger partial charge in [-0.1, -0.05) is 18.7 Å². The fourth-order valence-electron chi connectivity index (χ4n) is 2.81. The van der Waals surface area contributed by atoms with E-state index in [-0.39, 0.29) is 5.91 Å². The molecule has 2 atom stereocenters. The van der Waals surface area contributed by atoms with Crippen LogP contribution in [0.15, 0.2) is 53.1 Å². The Hall–Kier alpha value is -2.80. The summed E-state index contributed by atoms with van der Waals surface area (Å²) in [5.74, 6) is 1.12. The van der Waals surface area contributed by atoms with Gasteiger partial charge in [0.1, 0.15) is 29.2 Å². The van der Waals surface area contributed by atoms with E-state index in [4.69, 9.17) is 21.4 Å². The summed E-state index contributed by atoms with van der Waals surface area (Å²) in [5, 5.41) is 9.32. The molecule has 0 saturated carbocycles. The van der Waals surface area contributed by atoms with Crippen molar-refractivity contribution < 1.29 is 13.9 Å². The van der Waals surface area contributed by atoms with Gasteiger partial charge in [-0.2, -0.15) is 0 Å². The Balaban J connectivity index is 1.89. The van der Waals surface area contributed by atoms with Crippen LogP contribution in [-0.4, -0.2) is 18.1 Å². The lowest BCUT2D eigenvalue weighted by atomic mass is 9.92. The molecular formula is C18H19N3O3S. The van der Waals surface area contributed by atoms with Gasteiger partial charge in [0.25, 0.3) is 0 Å². The number of carbonyl (C=O) groups excluding carboxylic acids is 1. The Morgan fingerprint density at radius 2 is 2.08 bits per heavy atom. The van der Waals surface area contributed by atoms with Crippen molar-refractivity contribution in [1.82, 2.24) is 10.6 Å². The van der Waals surface area contributed by atoms with Crippen LogP contribution in [0.2, 0.25) is 0 Å². The van der Waals surface area contributed by atoms with E-state index in [1.165, 1.54) is 0 Å². The number of benzene rings is 1. The zero-order valence-electron chi connectivity index (χ0n) is 14.0. The fourth-order valence-corrected chi connectivity index (χ4v) is 3.07. The lowest BCUT2D eigenvalue weighted by Gasteiger charge is -2.34. The first kappa shape index (κ1) is 17.0. The Bertz CT molecular complexity index is 830. The van der Waals surface area contributed by atoms with E-state index in [1.807, 2.05) is 31.2 Å². The Kier molecular flexibility index (Phi) is 4.76. The topological polar surface area (TPSA) is 75.5 Å². The van der Waals surface area contributed by atoms with E-state index in [9.17, 15) is 4.79 Å². The number of rotatable bonds is 4. The largest absolute Gasteiger partial charge is 0.495 e. The minimum atomic E-state index is -0.609. The smallest absolute Gasteiger partial charge is 0.236 e. The van der Waals surface area contributed by atoms with Gasteiger partial charge in [-0.15, -0.1) is 0 Å². The van der Waals surface area contributed by atoms with Gasteiger partial charge in [-0.25, -0.2) is 0 Å². The van der Waals surface area contributed by atoms with Crippen LogP contribution in [0.4, 0.5) is 5.69 Å². The average molecular weight is 357 g/mol. The van der Waals surface area contributed by atoms with Crippen LogP contribution in [0.25, 0.3) is 0 Å². The van der Waals surface area contributed by atoms with Gasteiger partial charge in [0.2, 0.25) is 5.91 Å². The molecule has 1 amide bonds. The maximum atomic E-state index is 13.0. The van der Waals surface area contributed by atoms with Crippen LogP contribution in [-0.2, 0) is 4.79 Å². The fraction of sp³-hybridized carbons (Fsp3) is 0.222. The molecule has 1 saturated heterocycles. The number of anilines is 1. The molecule has 0 radical (unpaired) electrons. The van der Waals surface area contributed by atoms with Gasteiger partial charge < -0.3 is 25.1 Å². The van der Waals surface area contributed by atoms with E-state index in [0.29, 0.717) is 28.0 Å². The number of hydrogen-bond donors (Lipinski definition) is 3. The van der Waals surface area contributed by atoms with E-state index < -0.39 is 12.0 Å². The predicted octanol–water partition coefficient (Wildman–Crippen LogP) is 2.88. The summed E-state index contributed by atoms with van der Waals surface area (Å²) in [4.78, 5) is 13.0. The monoisotopic (exact) mass is 357 g/mol. The number of para-hydroxylation sites is 2. The minimum absolute atomic E-state index is 0.240. The molecular weight excluding hydrogens is 338 g/mol.